The first kappa shape index (κ1) is 12.8. The molecule has 0 aliphatic carbocycles. The van der Waals surface area contributed by atoms with Crippen molar-refractivity contribution in [3.05, 3.63) is 15.8 Å². The van der Waals surface area contributed by atoms with Crippen molar-refractivity contribution in [1.29, 1.82) is 5.26 Å². The number of aromatic nitrogens is 3. The van der Waals surface area contributed by atoms with E-state index in [0.29, 0.717) is 12.1 Å². The van der Waals surface area contributed by atoms with Gasteiger partial charge >= 0.3 is 6.01 Å². The van der Waals surface area contributed by atoms with E-state index in [1.54, 1.807) is 16.8 Å². The molecular formula is C10H7BrClN5O. The lowest BCUT2D eigenvalue weighted by Crippen LogP contribution is -1.98. The predicted molar refractivity (Wildman–Crippen MR) is 70.6 cm³/mol. The normalized spacial score (nSPS) is 11.0. The SMILES string of the molecule is CCn1c(ON=CC#N)nc2c(Cl)ncc(Br)c21. The number of nitriles is 1. The van der Waals surface area contributed by atoms with Crippen molar-refractivity contribution >= 4 is 44.8 Å². The molecule has 0 radical (unpaired) electrons. The van der Waals surface area contributed by atoms with Gasteiger partial charge in [0.25, 0.3) is 0 Å². The van der Waals surface area contributed by atoms with Gasteiger partial charge in [-0.15, -0.1) is 0 Å². The highest BCUT2D eigenvalue weighted by atomic mass is 79.9. The van der Waals surface area contributed by atoms with Gasteiger partial charge in [0.1, 0.15) is 17.8 Å². The molecule has 6 nitrogen and oxygen atoms in total. The molecule has 0 unspecified atom stereocenters. The molecule has 0 bridgehead atoms. The van der Waals surface area contributed by atoms with Crippen LogP contribution in [0.1, 0.15) is 6.92 Å². The maximum Gasteiger partial charge on any atom is 0.327 e. The summed E-state index contributed by atoms with van der Waals surface area (Å²) in [6, 6.07) is 1.99. The Hall–Kier alpha value is -1.65. The zero-order chi connectivity index (χ0) is 13.1. The summed E-state index contributed by atoms with van der Waals surface area (Å²) in [7, 11) is 0. The molecule has 0 aromatic carbocycles. The van der Waals surface area contributed by atoms with Crippen LogP contribution in [0.5, 0.6) is 6.01 Å². The summed E-state index contributed by atoms with van der Waals surface area (Å²) in [5.74, 6) is 0. The van der Waals surface area contributed by atoms with Crippen molar-refractivity contribution in [3.8, 4) is 12.1 Å². The van der Waals surface area contributed by atoms with Crippen LogP contribution in [-0.4, -0.2) is 20.7 Å². The maximum absolute atomic E-state index is 8.35. The molecule has 0 aliphatic heterocycles. The quantitative estimate of drug-likeness (QED) is 0.493. The first-order valence-electron chi connectivity index (χ1n) is 4.97. The van der Waals surface area contributed by atoms with Crippen molar-refractivity contribution in [2.45, 2.75) is 13.5 Å². The molecule has 2 heterocycles. The van der Waals surface area contributed by atoms with Gasteiger partial charge in [0, 0.05) is 12.7 Å². The summed E-state index contributed by atoms with van der Waals surface area (Å²) >= 11 is 9.37. The lowest BCUT2D eigenvalue weighted by molar-refractivity contribution is 0.302. The van der Waals surface area contributed by atoms with Crippen molar-refractivity contribution < 1.29 is 4.84 Å². The maximum atomic E-state index is 8.35. The fourth-order valence-corrected chi connectivity index (χ4v) is 2.20. The van der Waals surface area contributed by atoms with Crippen LogP contribution in [0.4, 0.5) is 0 Å². The van der Waals surface area contributed by atoms with E-state index in [9.17, 15) is 0 Å². The van der Waals surface area contributed by atoms with E-state index < -0.39 is 0 Å². The van der Waals surface area contributed by atoms with Gasteiger partial charge in [-0.1, -0.05) is 16.8 Å². The highest BCUT2D eigenvalue weighted by Gasteiger charge is 2.16. The van der Waals surface area contributed by atoms with Gasteiger partial charge in [-0.05, 0) is 22.9 Å². The van der Waals surface area contributed by atoms with E-state index in [-0.39, 0.29) is 11.2 Å². The van der Waals surface area contributed by atoms with E-state index in [4.69, 9.17) is 21.7 Å². The Bertz CT molecular complexity index is 660. The molecule has 8 heteroatoms. The van der Waals surface area contributed by atoms with E-state index in [2.05, 4.69) is 31.1 Å². The molecule has 0 atom stereocenters. The number of oxime groups is 1. The minimum Gasteiger partial charge on any atom is -0.316 e. The number of hydrogen-bond donors (Lipinski definition) is 0. The Kier molecular flexibility index (Phi) is 3.79. The van der Waals surface area contributed by atoms with Gasteiger partial charge in [-0.25, -0.2) is 4.98 Å². The molecule has 0 fully saturated rings. The number of halogens is 2. The average Bonchev–Trinajstić information content (AvgIpc) is 2.74. The van der Waals surface area contributed by atoms with Crippen molar-refractivity contribution in [3.63, 3.8) is 0 Å². The van der Waals surface area contributed by atoms with Gasteiger partial charge in [0.2, 0.25) is 0 Å². The molecule has 2 aromatic rings. The molecule has 0 saturated carbocycles. The second-order valence-corrected chi connectivity index (χ2v) is 4.40. The third-order valence-electron chi connectivity index (χ3n) is 2.21. The van der Waals surface area contributed by atoms with Gasteiger partial charge < -0.3 is 4.84 Å². The smallest absolute Gasteiger partial charge is 0.316 e. The topological polar surface area (TPSA) is 76.1 Å². The number of imidazole rings is 1. The Balaban J connectivity index is 2.62. The minimum atomic E-state index is 0.259. The first-order chi connectivity index (χ1) is 8.69. The van der Waals surface area contributed by atoms with Crippen LogP contribution in [0, 0.1) is 11.3 Å². The first-order valence-corrected chi connectivity index (χ1v) is 6.14. The van der Waals surface area contributed by atoms with Crippen LogP contribution in [0.2, 0.25) is 5.15 Å². The summed E-state index contributed by atoms with van der Waals surface area (Å²) in [5.41, 5.74) is 1.30. The second-order valence-electron chi connectivity index (χ2n) is 3.19. The van der Waals surface area contributed by atoms with Crippen LogP contribution < -0.4 is 4.84 Å². The van der Waals surface area contributed by atoms with Crippen LogP contribution >= 0.6 is 27.5 Å². The third-order valence-corrected chi connectivity index (χ3v) is 3.06. The molecule has 92 valence electrons. The number of rotatable bonds is 3. The molecule has 2 rings (SSSR count). The van der Waals surface area contributed by atoms with Crippen LogP contribution in [0.3, 0.4) is 0 Å². The van der Waals surface area contributed by atoms with E-state index in [1.165, 1.54) is 0 Å². The third kappa shape index (κ3) is 2.17. The highest BCUT2D eigenvalue weighted by molar-refractivity contribution is 9.10. The molecule has 0 saturated heterocycles. The number of aryl methyl sites for hydroxylation is 1. The average molecular weight is 329 g/mol. The number of pyridine rings is 1. The van der Waals surface area contributed by atoms with E-state index >= 15 is 0 Å². The molecule has 18 heavy (non-hydrogen) atoms. The summed E-state index contributed by atoms with van der Waals surface area (Å²) in [6.07, 6.45) is 2.58. The predicted octanol–water partition coefficient (Wildman–Crippen LogP) is 2.76. The summed E-state index contributed by atoms with van der Waals surface area (Å²) < 4.78 is 2.54. The van der Waals surface area contributed by atoms with Gasteiger partial charge in [0.15, 0.2) is 5.15 Å². The van der Waals surface area contributed by atoms with Crippen LogP contribution in [-0.2, 0) is 6.54 Å². The van der Waals surface area contributed by atoms with Crippen LogP contribution in [0.25, 0.3) is 11.0 Å². The Morgan fingerprint density at radius 3 is 3.17 bits per heavy atom. The summed E-state index contributed by atoms with van der Waals surface area (Å²) in [5, 5.41) is 12.1. The number of nitrogens with zero attached hydrogens (tertiary/aromatic N) is 5. The second kappa shape index (κ2) is 5.33. The molecule has 0 aliphatic rings. The fraction of sp³-hybridized carbons (Fsp3) is 0.200. The monoisotopic (exact) mass is 327 g/mol. The standard InChI is InChI=1S/C10H7BrClN5O/c1-2-17-8-6(11)5-14-9(12)7(8)16-10(17)18-15-4-3-13/h4-5H,2H2,1H3. The highest BCUT2D eigenvalue weighted by Crippen LogP contribution is 2.31. The van der Waals surface area contributed by atoms with Crippen molar-refractivity contribution in [2.75, 3.05) is 0 Å². The molecule has 0 spiro atoms. The molecule has 0 amide bonds. The fourth-order valence-electron chi connectivity index (χ4n) is 1.51. The zero-order valence-corrected chi connectivity index (χ0v) is 11.6. The van der Waals surface area contributed by atoms with E-state index in [1.807, 2.05) is 6.92 Å². The summed E-state index contributed by atoms with van der Waals surface area (Å²) in [4.78, 5) is 13.3. The van der Waals surface area contributed by atoms with E-state index in [0.717, 1.165) is 16.2 Å². The van der Waals surface area contributed by atoms with Crippen molar-refractivity contribution in [1.82, 2.24) is 14.5 Å². The minimum absolute atomic E-state index is 0.259. The van der Waals surface area contributed by atoms with Crippen molar-refractivity contribution in [2.24, 2.45) is 5.16 Å². The number of hydrogen-bond acceptors (Lipinski definition) is 5. The lowest BCUT2D eigenvalue weighted by atomic mass is 10.4. The summed E-state index contributed by atoms with van der Waals surface area (Å²) in [6.45, 7) is 2.55. The Morgan fingerprint density at radius 1 is 1.72 bits per heavy atom. The van der Waals surface area contributed by atoms with Gasteiger partial charge in [-0.2, -0.15) is 10.2 Å². The Morgan fingerprint density at radius 2 is 2.50 bits per heavy atom. The molecule has 0 N–H and O–H groups in total. The Labute approximate surface area is 116 Å². The molecule has 2 aromatic heterocycles. The zero-order valence-electron chi connectivity index (χ0n) is 9.26. The van der Waals surface area contributed by atoms with Gasteiger partial charge in [-0.3, -0.25) is 4.57 Å². The molecular weight excluding hydrogens is 322 g/mol. The lowest BCUT2D eigenvalue weighted by Gasteiger charge is -2.03. The van der Waals surface area contributed by atoms with Crippen LogP contribution in [0.15, 0.2) is 15.8 Å². The largest absolute Gasteiger partial charge is 0.327 e. The van der Waals surface area contributed by atoms with Gasteiger partial charge in [0.05, 0.1) is 9.99 Å². The number of fused-ring (bicyclic) bond motifs is 1.